The number of benzene rings is 2. The molecule has 0 fully saturated rings. The third-order valence-electron chi connectivity index (χ3n) is 4.14. The minimum atomic E-state index is -0.317. The summed E-state index contributed by atoms with van der Waals surface area (Å²) in [6.45, 7) is 6.34. The van der Waals surface area contributed by atoms with Crippen molar-refractivity contribution in [2.24, 2.45) is 0 Å². The van der Waals surface area contributed by atoms with Gasteiger partial charge in [-0.1, -0.05) is 57.2 Å². The van der Waals surface area contributed by atoms with Crippen LogP contribution in [0.25, 0.3) is 17.1 Å². The maximum absolute atomic E-state index is 12.7. The van der Waals surface area contributed by atoms with Crippen LogP contribution in [0, 0.1) is 11.3 Å². The minimum absolute atomic E-state index is 0.0101. The van der Waals surface area contributed by atoms with E-state index >= 15 is 0 Å². The van der Waals surface area contributed by atoms with Crippen LogP contribution in [0.2, 0.25) is 0 Å². The van der Waals surface area contributed by atoms with E-state index in [0.29, 0.717) is 11.3 Å². The van der Waals surface area contributed by atoms with Gasteiger partial charge in [0.2, 0.25) is 5.78 Å². The van der Waals surface area contributed by atoms with E-state index in [-0.39, 0.29) is 16.8 Å². The Morgan fingerprint density at radius 3 is 2.31 bits per heavy atom. The SMILES string of the molecule is CC(C)(C)c1ccc(C(=O)/C(C#N)=C/c2cnc3ccccc3n2)cc1. The summed E-state index contributed by atoms with van der Waals surface area (Å²) in [5.41, 5.74) is 3.65. The van der Waals surface area contributed by atoms with Crippen molar-refractivity contribution in [3.63, 3.8) is 0 Å². The Labute approximate surface area is 152 Å². The fourth-order valence-corrected chi connectivity index (χ4v) is 2.61. The molecule has 4 heteroatoms. The van der Waals surface area contributed by atoms with Crippen LogP contribution in [0.15, 0.2) is 60.3 Å². The molecule has 0 spiro atoms. The lowest BCUT2D eigenvalue weighted by atomic mass is 9.86. The Hall–Kier alpha value is -3.32. The molecule has 0 N–H and O–H groups in total. The van der Waals surface area contributed by atoms with E-state index in [9.17, 15) is 10.1 Å². The van der Waals surface area contributed by atoms with E-state index in [1.165, 1.54) is 6.08 Å². The number of carbonyl (C=O) groups is 1. The fraction of sp³-hybridized carbons (Fsp3) is 0.182. The quantitative estimate of drug-likeness (QED) is 0.393. The number of nitrogens with zero attached hydrogens (tertiary/aromatic N) is 3. The van der Waals surface area contributed by atoms with Crippen LogP contribution >= 0.6 is 0 Å². The molecule has 1 heterocycles. The molecule has 0 aliphatic rings. The molecule has 0 radical (unpaired) electrons. The number of aromatic nitrogens is 2. The van der Waals surface area contributed by atoms with E-state index in [0.717, 1.165) is 16.6 Å². The molecule has 0 amide bonds. The number of carbonyl (C=O) groups excluding carboxylic acids is 1. The Bertz CT molecular complexity index is 1040. The first-order chi connectivity index (χ1) is 12.4. The summed E-state index contributed by atoms with van der Waals surface area (Å²) in [4.78, 5) is 21.4. The second kappa shape index (κ2) is 6.89. The molecule has 1 aromatic heterocycles. The monoisotopic (exact) mass is 341 g/mol. The molecule has 0 saturated carbocycles. The largest absolute Gasteiger partial charge is 0.288 e. The van der Waals surface area contributed by atoms with E-state index in [1.807, 2.05) is 42.5 Å². The van der Waals surface area contributed by atoms with Crippen molar-refractivity contribution in [1.82, 2.24) is 9.97 Å². The first-order valence-corrected chi connectivity index (χ1v) is 8.37. The minimum Gasteiger partial charge on any atom is -0.288 e. The lowest BCUT2D eigenvalue weighted by molar-refractivity contribution is 0.104. The van der Waals surface area contributed by atoms with Gasteiger partial charge in [0, 0.05) is 5.56 Å². The molecule has 0 unspecified atom stereocenters. The molecule has 0 aliphatic heterocycles. The molecule has 2 aromatic carbocycles. The summed E-state index contributed by atoms with van der Waals surface area (Å²) in [7, 11) is 0. The number of allylic oxidation sites excluding steroid dienone is 1. The van der Waals surface area contributed by atoms with E-state index in [2.05, 4.69) is 30.7 Å². The van der Waals surface area contributed by atoms with Gasteiger partial charge in [-0.25, -0.2) is 4.98 Å². The second-order valence-corrected chi connectivity index (χ2v) is 7.11. The van der Waals surface area contributed by atoms with Crippen molar-refractivity contribution >= 4 is 22.9 Å². The van der Waals surface area contributed by atoms with Gasteiger partial charge >= 0.3 is 0 Å². The highest BCUT2D eigenvalue weighted by Crippen LogP contribution is 2.23. The molecule has 26 heavy (non-hydrogen) atoms. The Morgan fingerprint density at radius 1 is 1.04 bits per heavy atom. The van der Waals surface area contributed by atoms with Crippen LogP contribution in [0.1, 0.15) is 42.4 Å². The van der Waals surface area contributed by atoms with Crippen LogP contribution in [0.5, 0.6) is 0 Å². The van der Waals surface area contributed by atoms with Crippen LogP contribution in [-0.2, 0) is 5.41 Å². The number of rotatable bonds is 3. The Morgan fingerprint density at radius 2 is 1.69 bits per heavy atom. The number of hydrogen-bond acceptors (Lipinski definition) is 4. The highest BCUT2D eigenvalue weighted by atomic mass is 16.1. The average molecular weight is 341 g/mol. The van der Waals surface area contributed by atoms with Gasteiger partial charge in [-0.15, -0.1) is 0 Å². The summed E-state index contributed by atoms with van der Waals surface area (Å²) in [5, 5.41) is 9.43. The normalized spacial score (nSPS) is 12.0. The number of fused-ring (bicyclic) bond motifs is 1. The zero-order chi connectivity index (χ0) is 18.7. The molecule has 0 saturated heterocycles. The van der Waals surface area contributed by atoms with E-state index in [4.69, 9.17) is 0 Å². The molecule has 3 rings (SSSR count). The summed E-state index contributed by atoms with van der Waals surface area (Å²) >= 11 is 0. The number of ketones is 1. The highest BCUT2D eigenvalue weighted by molar-refractivity contribution is 6.14. The van der Waals surface area contributed by atoms with Crippen LogP contribution in [-0.4, -0.2) is 15.8 Å². The summed E-state index contributed by atoms with van der Waals surface area (Å²) < 4.78 is 0. The number of para-hydroxylation sites is 2. The van der Waals surface area contributed by atoms with Crippen molar-refractivity contribution in [2.75, 3.05) is 0 Å². The second-order valence-electron chi connectivity index (χ2n) is 7.11. The van der Waals surface area contributed by atoms with Crippen molar-refractivity contribution < 1.29 is 4.79 Å². The average Bonchev–Trinajstić information content (AvgIpc) is 2.65. The van der Waals surface area contributed by atoms with Crippen LogP contribution < -0.4 is 0 Å². The van der Waals surface area contributed by atoms with Gasteiger partial charge in [-0.2, -0.15) is 5.26 Å². The summed E-state index contributed by atoms with van der Waals surface area (Å²) in [6, 6.07) is 16.8. The number of hydrogen-bond donors (Lipinski definition) is 0. The summed E-state index contributed by atoms with van der Waals surface area (Å²) in [5.74, 6) is -0.317. The Balaban J connectivity index is 1.93. The lowest BCUT2D eigenvalue weighted by Gasteiger charge is -2.18. The Kier molecular flexibility index (Phi) is 4.64. The third-order valence-corrected chi connectivity index (χ3v) is 4.14. The van der Waals surface area contributed by atoms with Gasteiger partial charge in [-0.3, -0.25) is 9.78 Å². The van der Waals surface area contributed by atoms with Crippen LogP contribution in [0.3, 0.4) is 0 Å². The standard InChI is InChI=1S/C22H19N3O/c1-22(2,3)17-10-8-15(9-11-17)21(26)16(13-23)12-18-14-24-19-6-4-5-7-20(19)25-18/h4-12,14H,1-3H3/b16-12+. The lowest BCUT2D eigenvalue weighted by Crippen LogP contribution is -2.11. The van der Waals surface area contributed by atoms with Gasteiger partial charge in [0.05, 0.1) is 22.9 Å². The van der Waals surface area contributed by atoms with Crippen molar-refractivity contribution in [3.05, 3.63) is 77.1 Å². The zero-order valence-corrected chi connectivity index (χ0v) is 15.0. The van der Waals surface area contributed by atoms with Crippen LogP contribution in [0.4, 0.5) is 0 Å². The smallest absolute Gasteiger partial charge is 0.203 e. The zero-order valence-electron chi connectivity index (χ0n) is 15.0. The predicted molar refractivity (Wildman–Crippen MR) is 103 cm³/mol. The maximum Gasteiger partial charge on any atom is 0.203 e. The van der Waals surface area contributed by atoms with Gasteiger partial charge < -0.3 is 0 Å². The third kappa shape index (κ3) is 3.68. The molecule has 0 atom stereocenters. The molecule has 3 aromatic rings. The molecule has 4 nitrogen and oxygen atoms in total. The predicted octanol–water partition coefficient (Wildman–Crippen LogP) is 4.72. The number of nitriles is 1. The highest BCUT2D eigenvalue weighted by Gasteiger charge is 2.16. The topological polar surface area (TPSA) is 66.6 Å². The van der Waals surface area contributed by atoms with E-state index < -0.39 is 0 Å². The molecular weight excluding hydrogens is 322 g/mol. The van der Waals surface area contributed by atoms with Gasteiger partial charge in [0.25, 0.3) is 0 Å². The fourth-order valence-electron chi connectivity index (χ4n) is 2.61. The first-order valence-electron chi connectivity index (χ1n) is 8.37. The summed E-state index contributed by atoms with van der Waals surface area (Å²) in [6.07, 6.45) is 3.05. The molecular formula is C22H19N3O. The van der Waals surface area contributed by atoms with Gasteiger partial charge in [0.1, 0.15) is 11.6 Å². The van der Waals surface area contributed by atoms with Crippen molar-refractivity contribution in [2.45, 2.75) is 26.2 Å². The van der Waals surface area contributed by atoms with Gasteiger partial charge in [0.15, 0.2) is 0 Å². The molecule has 0 bridgehead atoms. The van der Waals surface area contributed by atoms with E-state index in [1.54, 1.807) is 18.3 Å². The van der Waals surface area contributed by atoms with Crippen molar-refractivity contribution in [1.29, 1.82) is 5.26 Å². The van der Waals surface area contributed by atoms with Crippen molar-refractivity contribution in [3.8, 4) is 6.07 Å². The molecule has 0 aliphatic carbocycles. The molecule has 128 valence electrons. The number of Topliss-reactive ketones (excluding diaryl/α,β-unsaturated/α-hetero) is 1. The maximum atomic E-state index is 12.7. The van der Waals surface area contributed by atoms with Gasteiger partial charge in [-0.05, 0) is 29.2 Å². The first kappa shape index (κ1) is 17.5.